The summed E-state index contributed by atoms with van der Waals surface area (Å²) in [4.78, 5) is 2.47. The predicted octanol–water partition coefficient (Wildman–Crippen LogP) is 6.89. The third kappa shape index (κ3) is 5.24. The molecule has 142 valence electrons. The minimum Gasteiger partial charge on any atom is -0.362 e. The Balaban J connectivity index is 1.77. The molecule has 4 aromatic carbocycles. The Morgan fingerprint density at radius 3 is 1.41 bits per heavy atom. The van der Waals surface area contributed by atoms with Crippen molar-refractivity contribution in [3.63, 3.8) is 0 Å². The SMILES string of the molecule is C(=C(/c1ccccc1)N(Cc1ccccc1)Cc1ccccc1)/c1ccccc1. The maximum absolute atomic E-state index is 2.47. The van der Waals surface area contributed by atoms with Crippen LogP contribution >= 0.6 is 0 Å². The van der Waals surface area contributed by atoms with E-state index in [0.717, 1.165) is 13.1 Å². The van der Waals surface area contributed by atoms with Crippen LogP contribution in [0.5, 0.6) is 0 Å². The van der Waals surface area contributed by atoms with Gasteiger partial charge in [0.2, 0.25) is 0 Å². The van der Waals surface area contributed by atoms with Gasteiger partial charge < -0.3 is 4.90 Å². The van der Waals surface area contributed by atoms with Crippen LogP contribution in [-0.2, 0) is 13.1 Å². The average molecular weight is 376 g/mol. The molecule has 0 saturated heterocycles. The van der Waals surface area contributed by atoms with Gasteiger partial charge in [0, 0.05) is 18.8 Å². The zero-order valence-corrected chi connectivity index (χ0v) is 16.5. The molecule has 0 fully saturated rings. The van der Waals surface area contributed by atoms with Crippen LogP contribution in [-0.4, -0.2) is 4.90 Å². The molecular formula is C28H25N. The van der Waals surface area contributed by atoms with Crippen LogP contribution in [0.4, 0.5) is 0 Å². The maximum Gasteiger partial charge on any atom is 0.0451 e. The van der Waals surface area contributed by atoms with Gasteiger partial charge in [-0.15, -0.1) is 0 Å². The number of benzene rings is 4. The third-order valence-electron chi connectivity index (χ3n) is 4.95. The van der Waals surface area contributed by atoms with E-state index in [0.29, 0.717) is 0 Å². The largest absolute Gasteiger partial charge is 0.362 e. The van der Waals surface area contributed by atoms with Crippen molar-refractivity contribution in [2.45, 2.75) is 13.1 Å². The number of hydrogen-bond donors (Lipinski definition) is 0. The first-order valence-electron chi connectivity index (χ1n) is 10.0. The first-order valence-corrected chi connectivity index (χ1v) is 10.0. The lowest BCUT2D eigenvalue weighted by Gasteiger charge is -2.28. The van der Waals surface area contributed by atoms with E-state index in [1.807, 2.05) is 0 Å². The Morgan fingerprint density at radius 2 is 0.931 bits per heavy atom. The summed E-state index contributed by atoms with van der Waals surface area (Å²) in [5.41, 5.74) is 6.27. The number of hydrogen-bond acceptors (Lipinski definition) is 1. The van der Waals surface area contributed by atoms with Crippen LogP contribution in [0.25, 0.3) is 11.8 Å². The fourth-order valence-corrected chi connectivity index (χ4v) is 3.51. The predicted molar refractivity (Wildman–Crippen MR) is 123 cm³/mol. The van der Waals surface area contributed by atoms with Crippen LogP contribution in [0.3, 0.4) is 0 Å². The molecular weight excluding hydrogens is 350 g/mol. The van der Waals surface area contributed by atoms with Gasteiger partial charge in [0.05, 0.1) is 0 Å². The van der Waals surface area contributed by atoms with E-state index in [1.54, 1.807) is 0 Å². The number of rotatable bonds is 7. The van der Waals surface area contributed by atoms with Crippen LogP contribution in [0, 0.1) is 0 Å². The van der Waals surface area contributed by atoms with E-state index in [-0.39, 0.29) is 0 Å². The monoisotopic (exact) mass is 375 g/mol. The summed E-state index contributed by atoms with van der Waals surface area (Å²) in [7, 11) is 0. The highest BCUT2D eigenvalue weighted by atomic mass is 15.1. The Labute approximate surface area is 173 Å². The van der Waals surface area contributed by atoms with Crippen LogP contribution in [0.2, 0.25) is 0 Å². The van der Waals surface area contributed by atoms with Gasteiger partial charge in [-0.1, -0.05) is 121 Å². The molecule has 0 saturated carbocycles. The second kappa shape index (κ2) is 9.57. The molecule has 0 unspecified atom stereocenters. The summed E-state index contributed by atoms with van der Waals surface area (Å²) in [6.07, 6.45) is 2.29. The average Bonchev–Trinajstić information content (AvgIpc) is 2.80. The van der Waals surface area contributed by atoms with E-state index >= 15 is 0 Å². The third-order valence-corrected chi connectivity index (χ3v) is 4.95. The van der Waals surface area contributed by atoms with Gasteiger partial charge in [-0.2, -0.15) is 0 Å². The van der Waals surface area contributed by atoms with Gasteiger partial charge in [0.1, 0.15) is 0 Å². The Kier molecular flexibility index (Phi) is 6.19. The smallest absolute Gasteiger partial charge is 0.0451 e. The van der Waals surface area contributed by atoms with Gasteiger partial charge in [-0.25, -0.2) is 0 Å². The molecule has 4 rings (SSSR count). The summed E-state index contributed by atoms with van der Waals surface area (Å²) >= 11 is 0. The molecule has 0 N–H and O–H groups in total. The summed E-state index contributed by atoms with van der Waals surface area (Å²) in [5.74, 6) is 0. The second-order valence-corrected chi connectivity index (χ2v) is 7.13. The lowest BCUT2D eigenvalue weighted by molar-refractivity contribution is 0.385. The summed E-state index contributed by atoms with van der Waals surface area (Å²) < 4.78 is 0. The first-order chi connectivity index (χ1) is 14.4. The molecule has 0 bridgehead atoms. The van der Waals surface area contributed by atoms with Gasteiger partial charge in [0.25, 0.3) is 0 Å². The standard InChI is InChI=1S/C28H25N/c1-5-13-24(14-6-1)21-28(27-19-11-4-12-20-27)29(22-25-15-7-2-8-16-25)23-26-17-9-3-10-18-26/h1-21H,22-23H2/b28-21+. The molecule has 1 nitrogen and oxygen atoms in total. The molecule has 0 aliphatic heterocycles. The molecule has 0 atom stereocenters. The minimum absolute atomic E-state index is 0.850. The molecule has 0 aromatic heterocycles. The zero-order chi connectivity index (χ0) is 19.7. The van der Waals surface area contributed by atoms with Crippen molar-refractivity contribution >= 4 is 11.8 Å². The molecule has 29 heavy (non-hydrogen) atoms. The van der Waals surface area contributed by atoms with E-state index in [9.17, 15) is 0 Å². The molecule has 0 aliphatic rings. The van der Waals surface area contributed by atoms with Crippen molar-refractivity contribution in [2.24, 2.45) is 0 Å². The van der Waals surface area contributed by atoms with Crippen molar-refractivity contribution in [1.82, 2.24) is 4.90 Å². The Morgan fingerprint density at radius 1 is 0.517 bits per heavy atom. The topological polar surface area (TPSA) is 3.24 Å². The quantitative estimate of drug-likeness (QED) is 0.318. The molecule has 1 heteroatoms. The zero-order valence-electron chi connectivity index (χ0n) is 16.5. The highest BCUT2D eigenvalue weighted by Gasteiger charge is 2.13. The van der Waals surface area contributed by atoms with Crippen molar-refractivity contribution < 1.29 is 0 Å². The fraction of sp³-hybridized carbons (Fsp3) is 0.0714. The highest BCUT2D eigenvalue weighted by molar-refractivity contribution is 5.80. The van der Waals surface area contributed by atoms with Crippen LogP contribution in [0.1, 0.15) is 22.3 Å². The van der Waals surface area contributed by atoms with E-state index in [2.05, 4.69) is 132 Å². The minimum atomic E-state index is 0.850. The Bertz CT molecular complexity index is 981. The molecule has 0 aliphatic carbocycles. The van der Waals surface area contributed by atoms with Gasteiger partial charge in [-0.3, -0.25) is 0 Å². The van der Waals surface area contributed by atoms with Crippen molar-refractivity contribution in [1.29, 1.82) is 0 Å². The van der Waals surface area contributed by atoms with Crippen molar-refractivity contribution in [3.8, 4) is 0 Å². The van der Waals surface area contributed by atoms with Crippen molar-refractivity contribution in [3.05, 3.63) is 144 Å². The fourth-order valence-electron chi connectivity index (χ4n) is 3.51. The van der Waals surface area contributed by atoms with Crippen LogP contribution in [0.15, 0.2) is 121 Å². The molecule has 0 spiro atoms. The normalized spacial score (nSPS) is 11.2. The van der Waals surface area contributed by atoms with Crippen molar-refractivity contribution in [2.75, 3.05) is 0 Å². The maximum atomic E-state index is 2.47. The Hall–Kier alpha value is -3.58. The highest BCUT2D eigenvalue weighted by Crippen LogP contribution is 2.26. The first kappa shape index (κ1) is 18.8. The molecule has 0 heterocycles. The summed E-state index contributed by atoms with van der Waals surface area (Å²) in [5, 5.41) is 0. The lowest BCUT2D eigenvalue weighted by atomic mass is 10.0. The summed E-state index contributed by atoms with van der Waals surface area (Å²) in [6.45, 7) is 1.70. The summed E-state index contributed by atoms with van der Waals surface area (Å²) in [6, 6.07) is 42.6. The van der Waals surface area contributed by atoms with E-state index < -0.39 is 0 Å². The molecule has 4 aromatic rings. The van der Waals surface area contributed by atoms with Crippen LogP contribution < -0.4 is 0 Å². The van der Waals surface area contributed by atoms with E-state index in [4.69, 9.17) is 0 Å². The van der Waals surface area contributed by atoms with Gasteiger partial charge in [0.15, 0.2) is 0 Å². The van der Waals surface area contributed by atoms with Gasteiger partial charge in [-0.05, 0) is 28.3 Å². The number of nitrogens with zero attached hydrogens (tertiary/aromatic N) is 1. The molecule has 0 radical (unpaired) electrons. The lowest BCUT2D eigenvalue weighted by Crippen LogP contribution is -2.21. The molecule has 0 amide bonds. The second-order valence-electron chi connectivity index (χ2n) is 7.13. The van der Waals surface area contributed by atoms with E-state index in [1.165, 1.54) is 28.0 Å². The van der Waals surface area contributed by atoms with Gasteiger partial charge >= 0.3 is 0 Å².